The molecule has 0 radical (unpaired) electrons. The molecule has 148 valence electrons. The van der Waals surface area contributed by atoms with Crippen LogP contribution >= 0.6 is 11.8 Å². The quantitative estimate of drug-likeness (QED) is 0.573. The number of piperazine rings is 1. The Bertz CT molecular complexity index is 624. The smallest absolute Gasteiger partial charge is 0.225 e. The van der Waals surface area contributed by atoms with Crippen molar-refractivity contribution in [2.24, 2.45) is 10.7 Å². The molecule has 3 aliphatic rings. The second-order valence-electron chi connectivity index (χ2n) is 7.32. The van der Waals surface area contributed by atoms with Crippen molar-refractivity contribution >= 4 is 23.7 Å². The second kappa shape index (κ2) is 8.62. The van der Waals surface area contributed by atoms with Crippen LogP contribution in [0.3, 0.4) is 0 Å². The molecule has 3 aliphatic heterocycles. The highest BCUT2D eigenvalue weighted by Gasteiger charge is 2.40. The predicted molar refractivity (Wildman–Crippen MR) is 109 cm³/mol. The van der Waals surface area contributed by atoms with E-state index < -0.39 is 0 Å². The minimum atomic E-state index is 0.152. The Morgan fingerprint density at radius 2 is 1.89 bits per heavy atom. The summed E-state index contributed by atoms with van der Waals surface area (Å²) in [5, 5.41) is 0. The van der Waals surface area contributed by atoms with Gasteiger partial charge in [-0.15, -0.1) is 0 Å². The molecule has 4 heterocycles. The van der Waals surface area contributed by atoms with Crippen LogP contribution in [-0.2, 0) is 4.74 Å². The molecule has 0 saturated carbocycles. The minimum absolute atomic E-state index is 0.152. The molecule has 1 atom stereocenters. The van der Waals surface area contributed by atoms with E-state index >= 15 is 0 Å². The first-order chi connectivity index (χ1) is 13.3. The third kappa shape index (κ3) is 4.30. The minimum Gasteiger partial charge on any atom is -0.379 e. The van der Waals surface area contributed by atoms with Crippen LogP contribution in [-0.4, -0.2) is 102 Å². The summed E-state index contributed by atoms with van der Waals surface area (Å²) >= 11 is 2.03. The van der Waals surface area contributed by atoms with Crippen LogP contribution in [0.25, 0.3) is 0 Å². The van der Waals surface area contributed by atoms with Crippen LogP contribution in [0.15, 0.2) is 23.5 Å². The maximum Gasteiger partial charge on any atom is 0.225 e. The Balaban J connectivity index is 1.35. The molecule has 1 aromatic heterocycles. The lowest BCUT2D eigenvalue weighted by molar-refractivity contribution is -0.0105. The summed E-state index contributed by atoms with van der Waals surface area (Å²) in [6, 6.07) is 1.84. The van der Waals surface area contributed by atoms with E-state index in [0.29, 0.717) is 5.96 Å². The summed E-state index contributed by atoms with van der Waals surface area (Å²) in [5.41, 5.74) is 6.53. The molecular weight excluding hydrogens is 362 g/mol. The number of aliphatic imine (C=N–C) groups is 1. The molecule has 8 nitrogen and oxygen atoms in total. The van der Waals surface area contributed by atoms with Gasteiger partial charge >= 0.3 is 0 Å². The van der Waals surface area contributed by atoms with Crippen molar-refractivity contribution in [3.63, 3.8) is 0 Å². The zero-order valence-electron chi connectivity index (χ0n) is 15.8. The average molecular weight is 392 g/mol. The van der Waals surface area contributed by atoms with Crippen LogP contribution < -0.4 is 10.6 Å². The van der Waals surface area contributed by atoms with Gasteiger partial charge in [0.2, 0.25) is 5.95 Å². The molecule has 0 bridgehead atoms. The largest absolute Gasteiger partial charge is 0.379 e. The van der Waals surface area contributed by atoms with E-state index in [2.05, 4.69) is 24.7 Å². The lowest BCUT2D eigenvalue weighted by Crippen LogP contribution is -2.56. The lowest BCUT2D eigenvalue weighted by Gasteiger charge is -2.42. The number of hydrogen-bond donors (Lipinski definition) is 1. The van der Waals surface area contributed by atoms with Crippen molar-refractivity contribution in [3.05, 3.63) is 18.5 Å². The van der Waals surface area contributed by atoms with E-state index in [-0.39, 0.29) is 5.54 Å². The number of morpholine rings is 1. The highest BCUT2D eigenvalue weighted by atomic mass is 32.2. The number of hydrogen-bond acceptors (Lipinski definition) is 7. The third-order valence-electron chi connectivity index (χ3n) is 5.74. The molecule has 0 spiro atoms. The second-order valence-corrected chi connectivity index (χ2v) is 8.43. The van der Waals surface area contributed by atoms with Crippen LogP contribution in [0, 0.1) is 0 Å². The van der Waals surface area contributed by atoms with Crippen molar-refractivity contribution in [2.75, 3.05) is 75.4 Å². The molecule has 2 N–H and O–H groups in total. The molecule has 1 unspecified atom stereocenters. The Morgan fingerprint density at radius 3 is 2.56 bits per heavy atom. The van der Waals surface area contributed by atoms with Gasteiger partial charge in [-0.1, -0.05) is 0 Å². The molecule has 0 aliphatic carbocycles. The van der Waals surface area contributed by atoms with Gasteiger partial charge in [0.1, 0.15) is 0 Å². The van der Waals surface area contributed by atoms with E-state index in [1.807, 2.05) is 17.8 Å². The summed E-state index contributed by atoms with van der Waals surface area (Å²) in [4.78, 5) is 20.5. The fourth-order valence-electron chi connectivity index (χ4n) is 4.03. The third-order valence-corrected chi connectivity index (χ3v) is 6.97. The summed E-state index contributed by atoms with van der Waals surface area (Å²) in [5.74, 6) is 3.82. The number of aromatic nitrogens is 2. The van der Waals surface area contributed by atoms with Gasteiger partial charge in [0.15, 0.2) is 5.96 Å². The Hall–Kier alpha value is -1.58. The first kappa shape index (κ1) is 18.8. The molecule has 3 saturated heterocycles. The molecule has 0 aromatic carbocycles. The Morgan fingerprint density at radius 1 is 1.15 bits per heavy atom. The Kier molecular flexibility index (Phi) is 5.99. The number of anilines is 1. The van der Waals surface area contributed by atoms with Crippen molar-refractivity contribution in [3.8, 4) is 0 Å². The van der Waals surface area contributed by atoms with Gasteiger partial charge in [-0.2, -0.15) is 11.8 Å². The van der Waals surface area contributed by atoms with Crippen molar-refractivity contribution in [1.82, 2.24) is 19.8 Å². The summed E-state index contributed by atoms with van der Waals surface area (Å²) in [6.45, 7) is 7.89. The molecular formula is C18H29N7OS. The van der Waals surface area contributed by atoms with Crippen LogP contribution in [0.5, 0.6) is 0 Å². The number of rotatable bonds is 4. The van der Waals surface area contributed by atoms with E-state index in [4.69, 9.17) is 15.5 Å². The number of thioether (sulfide) groups is 1. The lowest BCUT2D eigenvalue weighted by atomic mass is 9.96. The number of ether oxygens (including phenoxy) is 1. The maximum absolute atomic E-state index is 6.38. The highest BCUT2D eigenvalue weighted by Crippen LogP contribution is 2.34. The maximum atomic E-state index is 6.38. The van der Waals surface area contributed by atoms with Crippen LogP contribution in [0.2, 0.25) is 0 Å². The van der Waals surface area contributed by atoms with Gasteiger partial charge in [-0.05, 0) is 18.2 Å². The van der Waals surface area contributed by atoms with Gasteiger partial charge in [-0.25, -0.2) is 9.97 Å². The Labute approximate surface area is 165 Å². The zero-order chi connectivity index (χ0) is 18.5. The molecule has 0 amide bonds. The normalized spacial score (nSPS) is 27.9. The van der Waals surface area contributed by atoms with Gasteiger partial charge < -0.3 is 20.3 Å². The zero-order valence-corrected chi connectivity index (χ0v) is 16.6. The molecule has 3 fully saturated rings. The number of guanidine groups is 1. The highest BCUT2D eigenvalue weighted by molar-refractivity contribution is 7.99. The van der Waals surface area contributed by atoms with Crippen molar-refractivity contribution < 1.29 is 4.74 Å². The average Bonchev–Trinajstić information content (AvgIpc) is 3.24. The summed E-state index contributed by atoms with van der Waals surface area (Å²) < 4.78 is 5.54. The number of nitrogens with two attached hydrogens (primary N) is 1. The number of nitrogens with zero attached hydrogens (tertiary/aromatic N) is 6. The van der Waals surface area contributed by atoms with E-state index in [9.17, 15) is 0 Å². The fourth-order valence-corrected chi connectivity index (χ4v) is 5.49. The van der Waals surface area contributed by atoms with Gasteiger partial charge in [0.05, 0.1) is 25.3 Å². The first-order valence-electron chi connectivity index (χ1n) is 9.74. The van der Waals surface area contributed by atoms with Crippen molar-refractivity contribution in [1.29, 1.82) is 0 Å². The SMILES string of the molecule is NC(=NCC1(N2CCOCC2)CCSC1)N1CCN(c2ncccn2)CC1. The van der Waals surface area contributed by atoms with Crippen LogP contribution in [0.1, 0.15) is 6.42 Å². The van der Waals surface area contributed by atoms with Gasteiger partial charge in [0, 0.05) is 57.4 Å². The van der Waals surface area contributed by atoms with Gasteiger partial charge in [0.25, 0.3) is 0 Å². The summed E-state index contributed by atoms with van der Waals surface area (Å²) in [6.07, 6.45) is 4.76. The monoisotopic (exact) mass is 391 g/mol. The molecule has 4 rings (SSSR count). The molecule has 27 heavy (non-hydrogen) atoms. The van der Waals surface area contributed by atoms with Crippen LogP contribution in [0.4, 0.5) is 5.95 Å². The van der Waals surface area contributed by atoms with E-state index in [1.54, 1.807) is 12.4 Å². The fraction of sp³-hybridized carbons (Fsp3) is 0.722. The first-order valence-corrected chi connectivity index (χ1v) is 10.9. The molecule has 9 heteroatoms. The van der Waals surface area contributed by atoms with E-state index in [1.165, 1.54) is 12.2 Å². The standard InChI is InChI=1S/C18H29N7OS/c19-16(23-5-7-24(8-6-23)17-20-3-1-4-21-17)22-14-18(2-13-27-15-18)25-9-11-26-12-10-25/h1,3-4H,2,5-15H2,(H2,19,22). The van der Waals surface area contributed by atoms with E-state index in [0.717, 1.165) is 70.7 Å². The predicted octanol–water partition coefficient (Wildman–Crippen LogP) is 0.121. The molecule has 1 aromatic rings. The summed E-state index contributed by atoms with van der Waals surface area (Å²) in [7, 11) is 0. The van der Waals surface area contributed by atoms with Crippen molar-refractivity contribution in [2.45, 2.75) is 12.0 Å². The topological polar surface area (TPSA) is 83.1 Å². The van der Waals surface area contributed by atoms with Gasteiger partial charge in [-0.3, -0.25) is 9.89 Å².